The Morgan fingerprint density at radius 1 is 1.14 bits per heavy atom. The fourth-order valence-electron chi connectivity index (χ4n) is 2.11. The Morgan fingerprint density at radius 2 is 1.82 bits per heavy atom. The van der Waals surface area contributed by atoms with E-state index in [1.165, 1.54) is 17.2 Å². The van der Waals surface area contributed by atoms with Gasteiger partial charge in [0.2, 0.25) is 0 Å². The maximum atomic E-state index is 13.4. The minimum atomic E-state index is -0.363. The van der Waals surface area contributed by atoms with Crippen molar-refractivity contribution in [2.45, 2.75) is 13.8 Å². The number of ether oxygens (including phenoxy) is 1. The third kappa shape index (κ3) is 5.00. The van der Waals surface area contributed by atoms with Crippen LogP contribution in [0, 0.1) is 19.7 Å². The van der Waals surface area contributed by atoms with Gasteiger partial charge >= 0.3 is 0 Å². The van der Waals surface area contributed by atoms with E-state index in [0.717, 1.165) is 5.69 Å². The van der Waals surface area contributed by atoms with Crippen LogP contribution in [-0.4, -0.2) is 18.3 Å². The molecular formula is C17H19FN2OS. The van der Waals surface area contributed by atoms with Crippen LogP contribution in [0.15, 0.2) is 42.5 Å². The van der Waals surface area contributed by atoms with Crippen LogP contribution in [-0.2, 0) is 0 Å². The first-order chi connectivity index (χ1) is 10.5. The molecule has 0 heterocycles. The summed E-state index contributed by atoms with van der Waals surface area (Å²) in [6.07, 6.45) is 0. The van der Waals surface area contributed by atoms with Gasteiger partial charge in [0, 0.05) is 5.69 Å². The number of halogens is 1. The molecule has 2 aromatic carbocycles. The molecule has 0 aliphatic heterocycles. The van der Waals surface area contributed by atoms with E-state index in [1.54, 1.807) is 18.2 Å². The second-order valence-electron chi connectivity index (χ2n) is 5.04. The summed E-state index contributed by atoms with van der Waals surface area (Å²) in [6, 6.07) is 12.5. The van der Waals surface area contributed by atoms with Crippen LogP contribution < -0.4 is 15.4 Å². The maximum Gasteiger partial charge on any atom is 0.170 e. The van der Waals surface area contributed by atoms with Gasteiger partial charge in [-0.3, -0.25) is 0 Å². The normalized spacial score (nSPS) is 10.1. The minimum absolute atomic E-state index is 0.248. The summed E-state index contributed by atoms with van der Waals surface area (Å²) < 4.78 is 18.7. The Morgan fingerprint density at radius 3 is 2.50 bits per heavy atom. The van der Waals surface area contributed by atoms with Crippen molar-refractivity contribution in [1.82, 2.24) is 5.32 Å². The highest BCUT2D eigenvalue weighted by Gasteiger charge is 2.02. The molecule has 0 saturated carbocycles. The SMILES string of the molecule is Cc1cc(C)cc(NC(=S)NCCOc2ccccc2F)c1. The average molecular weight is 318 g/mol. The highest BCUT2D eigenvalue weighted by molar-refractivity contribution is 7.80. The molecule has 0 amide bonds. The van der Waals surface area contributed by atoms with E-state index in [-0.39, 0.29) is 11.6 Å². The van der Waals surface area contributed by atoms with Gasteiger partial charge in [-0.1, -0.05) is 18.2 Å². The summed E-state index contributed by atoms with van der Waals surface area (Å²) in [4.78, 5) is 0. The topological polar surface area (TPSA) is 33.3 Å². The van der Waals surface area contributed by atoms with Crippen molar-refractivity contribution in [1.29, 1.82) is 0 Å². The second kappa shape index (κ2) is 7.75. The van der Waals surface area contributed by atoms with Crippen LogP contribution in [0.5, 0.6) is 5.75 Å². The van der Waals surface area contributed by atoms with E-state index in [9.17, 15) is 4.39 Å². The summed E-state index contributed by atoms with van der Waals surface area (Å²) in [6.45, 7) is 4.90. The molecule has 2 N–H and O–H groups in total. The van der Waals surface area contributed by atoms with E-state index in [2.05, 4.69) is 16.7 Å². The highest BCUT2D eigenvalue weighted by atomic mass is 32.1. The fourth-order valence-corrected chi connectivity index (χ4v) is 2.33. The number of rotatable bonds is 5. The average Bonchev–Trinajstić information content (AvgIpc) is 2.44. The molecule has 0 fully saturated rings. The third-order valence-corrected chi connectivity index (χ3v) is 3.21. The summed E-state index contributed by atoms with van der Waals surface area (Å²) >= 11 is 5.23. The lowest BCUT2D eigenvalue weighted by Crippen LogP contribution is -2.32. The standard InChI is InChI=1S/C17H19FN2OS/c1-12-9-13(2)11-14(10-12)20-17(22)19-7-8-21-16-6-4-3-5-15(16)18/h3-6,9-11H,7-8H2,1-2H3,(H2,19,20,22). The number of hydrogen-bond acceptors (Lipinski definition) is 2. The van der Waals surface area contributed by atoms with Crippen LogP contribution in [0.25, 0.3) is 0 Å². The maximum absolute atomic E-state index is 13.4. The highest BCUT2D eigenvalue weighted by Crippen LogP contribution is 2.15. The van der Waals surface area contributed by atoms with E-state index in [1.807, 2.05) is 26.0 Å². The van der Waals surface area contributed by atoms with Crippen LogP contribution in [0.2, 0.25) is 0 Å². The molecule has 0 unspecified atom stereocenters. The Labute approximate surface area is 135 Å². The molecule has 0 aromatic heterocycles. The first kappa shape index (κ1) is 16.2. The zero-order valence-corrected chi connectivity index (χ0v) is 13.5. The van der Waals surface area contributed by atoms with Gasteiger partial charge in [-0.2, -0.15) is 0 Å². The van der Waals surface area contributed by atoms with Gasteiger partial charge in [0.05, 0.1) is 6.54 Å². The summed E-state index contributed by atoms with van der Waals surface area (Å²) in [5.41, 5.74) is 3.30. The molecular weight excluding hydrogens is 299 g/mol. The van der Waals surface area contributed by atoms with Crippen LogP contribution in [0.3, 0.4) is 0 Å². The van der Waals surface area contributed by atoms with Gasteiger partial charge in [-0.25, -0.2) is 4.39 Å². The summed E-state index contributed by atoms with van der Waals surface area (Å²) in [5, 5.41) is 6.67. The molecule has 2 rings (SSSR count). The molecule has 0 spiro atoms. The van der Waals surface area contributed by atoms with Gasteiger partial charge < -0.3 is 15.4 Å². The predicted molar refractivity (Wildman–Crippen MR) is 92.0 cm³/mol. The number of thiocarbonyl (C=S) groups is 1. The smallest absolute Gasteiger partial charge is 0.170 e. The van der Waals surface area contributed by atoms with E-state index in [4.69, 9.17) is 17.0 Å². The molecule has 5 heteroatoms. The van der Waals surface area contributed by atoms with Gasteiger partial charge in [-0.05, 0) is 61.5 Å². The zero-order valence-electron chi connectivity index (χ0n) is 12.7. The van der Waals surface area contributed by atoms with Crippen molar-refractivity contribution in [3.63, 3.8) is 0 Å². The number of para-hydroxylation sites is 1. The van der Waals surface area contributed by atoms with Crippen LogP contribution in [0.1, 0.15) is 11.1 Å². The van der Waals surface area contributed by atoms with Crippen molar-refractivity contribution in [3.8, 4) is 5.75 Å². The van der Waals surface area contributed by atoms with Crippen LogP contribution in [0.4, 0.5) is 10.1 Å². The lowest BCUT2D eigenvalue weighted by atomic mass is 10.1. The monoisotopic (exact) mass is 318 g/mol. The van der Waals surface area contributed by atoms with Gasteiger partial charge in [0.15, 0.2) is 16.7 Å². The first-order valence-electron chi connectivity index (χ1n) is 7.05. The van der Waals surface area contributed by atoms with Crippen molar-refractivity contribution < 1.29 is 9.13 Å². The summed E-state index contributed by atoms with van der Waals surface area (Å²) in [7, 11) is 0. The molecule has 0 aliphatic rings. The van der Waals surface area contributed by atoms with E-state index >= 15 is 0 Å². The Bertz CT molecular complexity index is 641. The Hall–Kier alpha value is -2.14. The number of hydrogen-bond donors (Lipinski definition) is 2. The Kier molecular flexibility index (Phi) is 5.72. The molecule has 2 aromatic rings. The molecule has 0 atom stereocenters. The molecule has 0 saturated heterocycles. The second-order valence-corrected chi connectivity index (χ2v) is 5.44. The zero-order chi connectivity index (χ0) is 15.9. The Balaban J connectivity index is 1.75. The third-order valence-electron chi connectivity index (χ3n) is 2.96. The fraction of sp³-hybridized carbons (Fsp3) is 0.235. The lowest BCUT2D eigenvalue weighted by Gasteiger charge is -2.12. The lowest BCUT2D eigenvalue weighted by molar-refractivity contribution is 0.306. The molecule has 0 bridgehead atoms. The van der Waals surface area contributed by atoms with E-state index < -0.39 is 0 Å². The van der Waals surface area contributed by atoms with Crippen molar-refractivity contribution in [2.75, 3.05) is 18.5 Å². The number of aryl methyl sites for hydroxylation is 2. The van der Waals surface area contributed by atoms with Crippen molar-refractivity contribution in [2.24, 2.45) is 0 Å². The number of anilines is 1. The predicted octanol–water partition coefficient (Wildman–Crippen LogP) is 3.81. The quantitative estimate of drug-likeness (QED) is 0.649. The number of nitrogens with one attached hydrogen (secondary N) is 2. The first-order valence-corrected chi connectivity index (χ1v) is 7.46. The molecule has 22 heavy (non-hydrogen) atoms. The van der Waals surface area contributed by atoms with Gasteiger partial charge in [0.25, 0.3) is 0 Å². The molecule has 0 radical (unpaired) electrons. The summed E-state index contributed by atoms with van der Waals surface area (Å²) in [5.74, 6) is -0.115. The largest absolute Gasteiger partial charge is 0.489 e. The van der Waals surface area contributed by atoms with Gasteiger partial charge in [-0.15, -0.1) is 0 Å². The van der Waals surface area contributed by atoms with Crippen molar-refractivity contribution >= 4 is 23.0 Å². The molecule has 0 aliphatic carbocycles. The van der Waals surface area contributed by atoms with Crippen molar-refractivity contribution in [3.05, 3.63) is 59.4 Å². The molecule has 116 valence electrons. The molecule has 3 nitrogen and oxygen atoms in total. The minimum Gasteiger partial charge on any atom is -0.489 e. The van der Waals surface area contributed by atoms with Crippen LogP contribution >= 0.6 is 12.2 Å². The number of benzene rings is 2. The van der Waals surface area contributed by atoms with Gasteiger partial charge in [0.1, 0.15) is 6.61 Å². The van der Waals surface area contributed by atoms with E-state index in [0.29, 0.717) is 18.3 Å².